The van der Waals surface area contributed by atoms with E-state index in [0.717, 1.165) is 24.3 Å². The summed E-state index contributed by atoms with van der Waals surface area (Å²) in [6.45, 7) is 0. The Hall–Kier alpha value is -4.93. The van der Waals surface area contributed by atoms with Crippen molar-refractivity contribution in [1.29, 1.82) is 0 Å². The number of benzene rings is 4. The number of ketones is 1. The summed E-state index contributed by atoms with van der Waals surface area (Å²) in [4.78, 5) is 36.5. The Morgan fingerprint density at radius 3 is 2.12 bits per heavy atom. The van der Waals surface area contributed by atoms with Crippen molar-refractivity contribution in [3.05, 3.63) is 152 Å². The Bertz CT molecular complexity index is 1870. The van der Waals surface area contributed by atoms with Crippen LogP contribution in [0, 0.1) is 10.1 Å². The number of sulfonamides is 1. The number of nitro groups is 1. The van der Waals surface area contributed by atoms with Crippen LogP contribution in [0.4, 0.5) is 5.69 Å². The lowest BCUT2D eigenvalue weighted by Crippen LogP contribution is -2.34. The number of rotatable bonds is 10. The molecule has 0 aliphatic rings. The minimum absolute atomic E-state index is 0.139. The Morgan fingerprint density at radius 2 is 1.46 bits per heavy atom. The standard InChI is InChI=1S/C31H24N2O7S/c34-28(21-9-3-1-4-10-21)19-27(26-20-30(35)40-29-14-8-7-13-25(26)29)31(22-11-5-2-6-12-22)32-41(38,39)24-17-15-23(16-18-24)33(36)37/h1-18,20,27,31-32H,19H2/t27-,31+/m0/s1. The highest BCUT2D eigenvalue weighted by Gasteiger charge is 2.33. The van der Waals surface area contributed by atoms with Crippen molar-refractivity contribution in [2.24, 2.45) is 0 Å². The van der Waals surface area contributed by atoms with E-state index in [-0.39, 0.29) is 22.8 Å². The van der Waals surface area contributed by atoms with E-state index in [1.54, 1.807) is 84.9 Å². The number of hydrogen-bond donors (Lipinski definition) is 1. The Labute approximate surface area is 235 Å². The van der Waals surface area contributed by atoms with Gasteiger partial charge < -0.3 is 4.42 Å². The van der Waals surface area contributed by atoms with E-state index in [0.29, 0.717) is 27.7 Å². The van der Waals surface area contributed by atoms with Gasteiger partial charge in [-0.1, -0.05) is 78.9 Å². The van der Waals surface area contributed by atoms with Gasteiger partial charge in [-0.25, -0.2) is 17.9 Å². The second kappa shape index (κ2) is 11.7. The highest BCUT2D eigenvalue weighted by molar-refractivity contribution is 7.89. The molecule has 0 aliphatic carbocycles. The Balaban J connectivity index is 1.67. The maximum atomic E-state index is 13.7. The summed E-state index contributed by atoms with van der Waals surface area (Å²) in [6, 6.07) is 29.0. The molecule has 1 N–H and O–H groups in total. The lowest BCUT2D eigenvalue weighted by atomic mass is 9.82. The first-order chi connectivity index (χ1) is 19.7. The minimum atomic E-state index is -4.25. The molecule has 206 valence electrons. The molecule has 10 heteroatoms. The van der Waals surface area contributed by atoms with Gasteiger partial charge in [0.1, 0.15) is 5.58 Å². The zero-order valence-electron chi connectivity index (χ0n) is 21.5. The summed E-state index contributed by atoms with van der Waals surface area (Å²) in [5, 5.41) is 11.7. The normalized spacial score (nSPS) is 13.0. The van der Waals surface area contributed by atoms with Gasteiger partial charge in [0.2, 0.25) is 10.0 Å². The van der Waals surface area contributed by atoms with Crippen LogP contribution in [-0.4, -0.2) is 19.1 Å². The van der Waals surface area contributed by atoms with E-state index >= 15 is 0 Å². The molecule has 0 amide bonds. The van der Waals surface area contributed by atoms with Gasteiger partial charge >= 0.3 is 5.63 Å². The van der Waals surface area contributed by atoms with Gasteiger partial charge in [0, 0.05) is 41.5 Å². The predicted molar refractivity (Wildman–Crippen MR) is 153 cm³/mol. The van der Waals surface area contributed by atoms with Crippen molar-refractivity contribution >= 4 is 32.5 Å². The van der Waals surface area contributed by atoms with E-state index < -0.39 is 32.5 Å². The van der Waals surface area contributed by atoms with Crippen LogP contribution in [0.25, 0.3) is 11.0 Å². The summed E-state index contributed by atoms with van der Waals surface area (Å²) in [5.74, 6) is -1.09. The molecule has 0 unspecified atom stereocenters. The molecule has 0 bridgehead atoms. The first-order valence-electron chi connectivity index (χ1n) is 12.7. The third-order valence-corrected chi connectivity index (χ3v) is 8.24. The van der Waals surface area contributed by atoms with Crippen LogP contribution in [-0.2, 0) is 10.0 Å². The molecule has 1 heterocycles. The summed E-state index contributed by atoms with van der Waals surface area (Å²) in [5.41, 5.74) is 0.854. The fourth-order valence-corrected chi connectivity index (χ4v) is 6.08. The first-order valence-corrected chi connectivity index (χ1v) is 14.1. The van der Waals surface area contributed by atoms with E-state index in [4.69, 9.17) is 4.42 Å². The van der Waals surface area contributed by atoms with Crippen LogP contribution in [0.1, 0.15) is 39.9 Å². The summed E-state index contributed by atoms with van der Waals surface area (Å²) >= 11 is 0. The number of non-ortho nitro benzene ring substituents is 1. The van der Waals surface area contributed by atoms with Crippen LogP contribution in [0.15, 0.2) is 129 Å². The lowest BCUT2D eigenvalue weighted by Gasteiger charge is -2.29. The molecule has 0 saturated carbocycles. The molecular formula is C31H24N2O7S. The van der Waals surface area contributed by atoms with E-state index in [1.165, 1.54) is 6.07 Å². The highest BCUT2D eigenvalue weighted by atomic mass is 32.2. The topological polar surface area (TPSA) is 137 Å². The van der Waals surface area contributed by atoms with Crippen molar-refractivity contribution in [1.82, 2.24) is 4.72 Å². The SMILES string of the molecule is O=C(C[C@@H](c1cc(=O)oc2ccccc12)[C@H](NS(=O)(=O)c1ccc([N+](=O)[O-])cc1)c1ccccc1)c1ccccc1. The van der Waals surface area contributed by atoms with E-state index in [1.807, 2.05) is 0 Å². The quantitative estimate of drug-likeness (QED) is 0.0976. The smallest absolute Gasteiger partial charge is 0.336 e. The monoisotopic (exact) mass is 568 g/mol. The molecule has 5 rings (SSSR count). The van der Waals surface area contributed by atoms with Crippen molar-refractivity contribution < 1.29 is 22.6 Å². The van der Waals surface area contributed by atoms with Gasteiger partial charge in [-0.15, -0.1) is 0 Å². The molecule has 1 aromatic heterocycles. The third kappa shape index (κ3) is 6.13. The number of fused-ring (bicyclic) bond motifs is 1. The fourth-order valence-electron chi connectivity index (χ4n) is 4.82. The second-order valence-electron chi connectivity index (χ2n) is 9.38. The number of nitrogens with one attached hydrogen (secondary N) is 1. The zero-order valence-corrected chi connectivity index (χ0v) is 22.4. The minimum Gasteiger partial charge on any atom is -0.423 e. The average Bonchev–Trinajstić information content (AvgIpc) is 2.99. The molecule has 0 fully saturated rings. The van der Waals surface area contributed by atoms with Gasteiger partial charge in [-0.05, 0) is 29.3 Å². The molecular weight excluding hydrogens is 544 g/mol. The molecule has 5 aromatic rings. The molecule has 0 aliphatic heterocycles. The van der Waals surface area contributed by atoms with Gasteiger partial charge in [-0.2, -0.15) is 0 Å². The maximum Gasteiger partial charge on any atom is 0.336 e. The molecule has 0 spiro atoms. The molecule has 4 aromatic carbocycles. The number of carbonyl (C=O) groups excluding carboxylic acids is 1. The van der Waals surface area contributed by atoms with Gasteiger partial charge in [0.05, 0.1) is 15.9 Å². The highest BCUT2D eigenvalue weighted by Crippen LogP contribution is 2.39. The first kappa shape index (κ1) is 27.6. The number of Topliss-reactive ketones (excluding diaryl/α,β-unsaturated/α-hetero) is 1. The predicted octanol–water partition coefficient (Wildman–Crippen LogP) is 5.78. The van der Waals surface area contributed by atoms with Crippen LogP contribution in [0.5, 0.6) is 0 Å². The molecule has 0 radical (unpaired) electrons. The van der Waals surface area contributed by atoms with E-state index in [9.17, 15) is 28.1 Å². The second-order valence-corrected chi connectivity index (χ2v) is 11.1. The van der Waals surface area contributed by atoms with Crippen LogP contribution in [0.2, 0.25) is 0 Å². The summed E-state index contributed by atoms with van der Waals surface area (Å²) in [6.07, 6.45) is -0.139. The van der Waals surface area contributed by atoms with Crippen LogP contribution in [0.3, 0.4) is 0 Å². The molecule has 2 atom stereocenters. The average molecular weight is 569 g/mol. The zero-order chi connectivity index (χ0) is 29.0. The number of nitrogens with zero attached hydrogens (tertiary/aromatic N) is 1. The number of para-hydroxylation sites is 1. The van der Waals surface area contributed by atoms with Crippen LogP contribution < -0.4 is 10.3 Å². The van der Waals surface area contributed by atoms with Gasteiger partial charge in [0.15, 0.2) is 5.78 Å². The van der Waals surface area contributed by atoms with Crippen LogP contribution >= 0.6 is 0 Å². The Morgan fingerprint density at radius 1 is 0.854 bits per heavy atom. The van der Waals surface area contributed by atoms with Crippen molar-refractivity contribution in [2.45, 2.75) is 23.3 Å². The number of carbonyl (C=O) groups is 1. The van der Waals surface area contributed by atoms with E-state index in [2.05, 4.69) is 4.72 Å². The summed E-state index contributed by atoms with van der Waals surface area (Å²) < 4.78 is 35.5. The lowest BCUT2D eigenvalue weighted by molar-refractivity contribution is -0.384. The third-order valence-electron chi connectivity index (χ3n) is 6.78. The molecule has 41 heavy (non-hydrogen) atoms. The molecule has 0 saturated heterocycles. The Kier molecular flexibility index (Phi) is 7.86. The van der Waals surface area contributed by atoms with Crippen molar-refractivity contribution in [3.8, 4) is 0 Å². The number of hydrogen-bond acceptors (Lipinski definition) is 7. The van der Waals surface area contributed by atoms with Crippen molar-refractivity contribution in [2.75, 3.05) is 0 Å². The van der Waals surface area contributed by atoms with Crippen molar-refractivity contribution in [3.63, 3.8) is 0 Å². The van der Waals surface area contributed by atoms with Gasteiger partial charge in [0.25, 0.3) is 5.69 Å². The fraction of sp³-hybridized carbons (Fsp3) is 0.0968. The number of nitro benzene ring substituents is 1. The van der Waals surface area contributed by atoms with Gasteiger partial charge in [-0.3, -0.25) is 14.9 Å². The maximum absolute atomic E-state index is 13.7. The summed E-state index contributed by atoms with van der Waals surface area (Å²) in [7, 11) is -4.25. The molecule has 9 nitrogen and oxygen atoms in total. The largest absolute Gasteiger partial charge is 0.423 e.